The van der Waals surface area contributed by atoms with Gasteiger partial charge in [0.05, 0.1) is 0 Å². The Balaban J connectivity index is 1.26. The molecule has 0 bridgehead atoms. The van der Waals surface area contributed by atoms with Gasteiger partial charge in [0.2, 0.25) is 0 Å². The lowest BCUT2D eigenvalue weighted by Gasteiger charge is -2.34. The Morgan fingerprint density at radius 2 is 1.70 bits per heavy atom. The molecule has 1 aromatic heterocycles. The normalized spacial score (nSPS) is 18.2. The molecule has 0 unspecified atom stereocenters. The first-order valence-corrected chi connectivity index (χ1v) is 11.5. The summed E-state index contributed by atoms with van der Waals surface area (Å²) >= 11 is 1.25. The molecular formula is C22H27FN4O2S. The number of nitrogens with zero attached hydrogens (tertiary/aromatic N) is 2. The molecule has 30 heavy (non-hydrogen) atoms. The van der Waals surface area contributed by atoms with Gasteiger partial charge in [0.1, 0.15) is 16.5 Å². The molecule has 1 aliphatic heterocycles. The maximum absolute atomic E-state index is 13.9. The van der Waals surface area contributed by atoms with E-state index < -0.39 is 0 Å². The molecule has 6 nitrogen and oxygen atoms in total. The van der Waals surface area contributed by atoms with E-state index in [2.05, 4.69) is 15.6 Å². The van der Waals surface area contributed by atoms with E-state index in [1.807, 2.05) is 4.90 Å². The van der Waals surface area contributed by atoms with Gasteiger partial charge in [0.25, 0.3) is 5.91 Å². The van der Waals surface area contributed by atoms with E-state index in [0.29, 0.717) is 48.2 Å². The van der Waals surface area contributed by atoms with E-state index in [9.17, 15) is 14.0 Å². The molecule has 4 rings (SSSR count). The highest BCUT2D eigenvalue weighted by Crippen LogP contribution is 2.26. The summed E-state index contributed by atoms with van der Waals surface area (Å²) in [5.74, 6) is -0.600. The number of urea groups is 1. The monoisotopic (exact) mass is 430 g/mol. The molecule has 1 aliphatic carbocycles. The third kappa shape index (κ3) is 4.98. The van der Waals surface area contributed by atoms with E-state index in [-0.39, 0.29) is 23.8 Å². The largest absolute Gasteiger partial charge is 0.348 e. The average Bonchev–Trinajstić information content (AvgIpc) is 3.25. The number of carbonyl (C=O) groups is 2. The standard InChI is InChI=1S/C22H27FN4O2S/c23-18-9-5-4-8-17(18)21-26-19(14-30-21)20(28)24-16-10-12-27(13-11-16)22(29)25-15-6-2-1-3-7-15/h4-5,8-9,14-16H,1-3,6-7,10-13H2,(H,24,28)(H,25,29). The van der Waals surface area contributed by atoms with Crippen molar-refractivity contribution in [3.8, 4) is 10.6 Å². The minimum atomic E-state index is -0.349. The predicted molar refractivity (Wildman–Crippen MR) is 115 cm³/mol. The van der Waals surface area contributed by atoms with Crippen LogP contribution in [0.2, 0.25) is 0 Å². The molecule has 8 heteroatoms. The molecule has 2 heterocycles. The number of aromatic nitrogens is 1. The second-order valence-electron chi connectivity index (χ2n) is 8.04. The number of amides is 3. The smallest absolute Gasteiger partial charge is 0.317 e. The first-order valence-electron chi connectivity index (χ1n) is 10.7. The molecule has 160 valence electrons. The third-order valence-electron chi connectivity index (χ3n) is 5.89. The van der Waals surface area contributed by atoms with Crippen LogP contribution in [0.5, 0.6) is 0 Å². The van der Waals surface area contributed by atoms with Gasteiger partial charge in [0.15, 0.2) is 0 Å². The molecule has 0 spiro atoms. The van der Waals surface area contributed by atoms with Crippen molar-refractivity contribution in [1.82, 2.24) is 20.5 Å². The van der Waals surface area contributed by atoms with Gasteiger partial charge in [-0.05, 0) is 37.8 Å². The van der Waals surface area contributed by atoms with Crippen molar-refractivity contribution in [1.29, 1.82) is 0 Å². The zero-order valence-electron chi connectivity index (χ0n) is 16.9. The van der Waals surface area contributed by atoms with Gasteiger partial charge >= 0.3 is 6.03 Å². The van der Waals surface area contributed by atoms with Crippen LogP contribution in [0.15, 0.2) is 29.6 Å². The molecule has 0 radical (unpaired) electrons. The van der Waals surface area contributed by atoms with Gasteiger partial charge in [0, 0.05) is 36.1 Å². The van der Waals surface area contributed by atoms with Crippen LogP contribution in [-0.4, -0.2) is 47.0 Å². The molecule has 2 aliphatic rings. The van der Waals surface area contributed by atoms with E-state index in [0.717, 1.165) is 12.8 Å². The maximum atomic E-state index is 13.9. The first kappa shape index (κ1) is 20.8. The zero-order chi connectivity index (χ0) is 20.9. The minimum absolute atomic E-state index is 0.00911. The van der Waals surface area contributed by atoms with Crippen LogP contribution >= 0.6 is 11.3 Å². The summed E-state index contributed by atoms with van der Waals surface area (Å²) in [5.41, 5.74) is 0.703. The van der Waals surface area contributed by atoms with Crippen molar-refractivity contribution < 1.29 is 14.0 Å². The number of carbonyl (C=O) groups excluding carboxylic acids is 2. The summed E-state index contributed by atoms with van der Waals surface area (Å²) in [4.78, 5) is 31.2. The topological polar surface area (TPSA) is 74.3 Å². The van der Waals surface area contributed by atoms with Gasteiger partial charge in [-0.25, -0.2) is 14.2 Å². The molecule has 1 aromatic carbocycles. The zero-order valence-corrected chi connectivity index (χ0v) is 17.7. The minimum Gasteiger partial charge on any atom is -0.348 e. The Kier molecular flexibility index (Phi) is 6.62. The first-order chi connectivity index (χ1) is 14.6. The second kappa shape index (κ2) is 9.55. The van der Waals surface area contributed by atoms with Crippen molar-refractivity contribution >= 4 is 23.3 Å². The Bertz CT molecular complexity index is 889. The van der Waals surface area contributed by atoms with Gasteiger partial charge in [-0.2, -0.15) is 0 Å². The van der Waals surface area contributed by atoms with Crippen LogP contribution < -0.4 is 10.6 Å². The molecule has 1 saturated carbocycles. The number of likely N-dealkylation sites (tertiary alicyclic amines) is 1. The maximum Gasteiger partial charge on any atom is 0.317 e. The van der Waals surface area contributed by atoms with E-state index >= 15 is 0 Å². The summed E-state index contributed by atoms with van der Waals surface area (Å²) in [6.45, 7) is 1.25. The summed E-state index contributed by atoms with van der Waals surface area (Å²) in [7, 11) is 0. The number of halogens is 1. The van der Waals surface area contributed by atoms with Gasteiger partial charge in [-0.3, -0.25) is 4.79 Å². The van der Waals surface area contributed by atoms with Gasteiger partial charge in [-0.1, -0.05) is 31.4 Å². The van der Waals surface area contributed by atoms with E-state index in [4.69, 9.17) is 0 Å². The molecular weight excluding hydrogens is 403 g/mol. The van der Waals surface area contributed by atoms with E-state index in [1.54, 1.807) is 23.6 Å². The fraction of sp³-hybridized carbons (Fsp3) is 0.500. The van der Waals surface area contributed by atoms with Crippen LogP contribution in [0.4, 0.5) is 9.18 Å². The lowest BCUT2D eigenvalue weighted by molar-refractivity contribution is 0.0913. The highest BCUT2D eigenvalue weighted by Gasteiger charge is 2.26. The fourth-order valence-corrected chi connectivity index (χ4v) is 4.96. The van der Waals surface area contributed by atoms with Crippen molar-refractivity contribution in [2.75, 3.05) is 13.1 Å². The highest BCUT2D eigenvalue weighted by molar-refractivity contribution is 7.13. The summed E-state index contributed by atoms with van der Waals surface area (Å²) in [6.07, 6.45) is 7.21. The van der Waals surface area contributed by atoms with Crippen LogP contribution in [-0.2, 0) is 0 Å². The van der Waals surface area contributed by atoms with Crippen LogP contribution in [0.25, 0.3) is 10.6 Å². The van der Waals surface area contributed by atoms with Gasteiger partial charge < -0.3 is 15.5 Å². The second-order valence-corrected chi connectivity index (χ2v) is 8.90. The Hall–Kier alpha value is -2.48. The van der Waals surface area contributed by atoms with Crippen LogP contribution in [0, 0.1) is 5.82 Å². The number of nitrogens with one attached hydrogen (secondary N) is 2. The molecule has 2 fully saturated rings. The number of hydrogen-bond donors (Lipinski definition) is 2. The number of thiazole rings is 1. The Morgan fingerprint density at radius 3 is 2.43 bits per heavy atom. The fourth-order valence-electron chi connectivity index (χ4n) is 4.14. The summed E-state index contributed by atoms with van der Waals surface area (Å²) in [5, 5.41) is 8.31. The van der Waals surface area contributed by atoms with Crippen molar-refractivity contribution in [3.63, 3.8) is 0 Å². The average molecular weight is 431 g/mol. The number of piperidine rings is 1. The SMILES string of the molecule is O=C(NC1CCN(C(=O)NC2CCCCC2)CC1)c1csc(-c2ccccc2F)n1. The molecule has 2 aromatic rings. The summed E-state index contributed by atoms with van der Waals surface area (Å²) < 4.78 is 13.9. The van der Waals surface area contributed by atoms with Crippen LogP contribution in [0.1, 0.15) is 55.4 Å². The van der Waals surface area contributed by atoms with Crippen molar-refractivity contribution in [2.24, 2.45) is 0 Å². The number of rotatable bonds is 4. The predicted octanol–water partition coefficient (Wildman–Crippen LogP) is 4.19. The molecule has 3 amide bonds. The molecule has 1 saturated heterocycles. The Labute approximate surface area is 179 Å². The third-order valence-corrected chi connectivity index (χ3v) is 6.77. The number of benzene rings is 1. The van der Waals surface area contributed by atoms with E-state index in [1.165, 1.54) is 36.7 Å². The quantitative estimate of drug-likeness (QED) is 0.764. The van der Waals surface area contributed by atoms with Gasteiger partial charge in [-0.15, -0.1) is 11.3 Å². The summed E-state index contributed by atoms with van der Waals surface area (Å²) in [6, 6.07) is 6.74. The lowest BCUT2D eigenvalue weighted by Crippen LogP contribution is -2.51. The highest BCUT2D eigenvalue weighted by atomic mass is 32.1. The molecule has 0 atom stereocenters. The van der Waals surface area contributed by atoms with Crippen molar-refractivity contribution in [3.05, 3.63) is 41.2 Å². The number of hydrogen-bond acceptors (Lipinski definition) is 4. The lowest BCUT2D eigenvalue weighted by atomic mass is 9.95. The molecule has 2 N–H and O–H groups in total. The van der Waals surface area contributed by atoms with Crippen LogP contribution in [0.3, 0.4) is 0 Å². The Morgan fingerprint density at radius 1 is 1.00 bits per heavy atom. The van der Waals surface area contributed by atoms with Crippen molar-refractivity contribution in [2.45, 2.75) is 57.0 Å².